The van der Waals surface area contributed by atoms with Gasteiger partial charge < -0.3 is 14.2 Å². The maximum Gasteiger partial charge on any atom is 0.309 e. The lowest BCUT2D eigenvalue weighted by Gasteiger charge is -2.58. The van der Waals surface area contributed by atoms with Crippen LogP contribution in [0.1, 0.15) is 65.2 Å². The molecule has 6 rings (SSSR count). The summed E-state index contributed by atoms with van der Waals surface area (Å²) in [5, 5.41) is 0. The normalized spacial score (nSPS) is 53.2. The van der Waals surface area contributed by atoms with Crippen molar-refractivity contribution in [2.75, 3.05) is 7.11 Å². The van der Waals surface area contributed by atoms with E-state index >= 15 is 0 Å². The number of ketones is 1. The molecule has 8 atom stereocenters. The van der Waals surface area contributed by atoms with Crippen molar-refractivity contribution in [2.24, 2.45) is 28.6 Å². The highest BCUT2D eigenvalue weighted by Gasteiger charge is 2.83. The third-order valence-electron chi connectivity index (χ3n) is 10.2. The maximum absolute atomic E-state index is 13.0. The number of hydrogen-bond donors (Lipinski definition) is 0. The first-order valence-electron chi connectivity index (χ1n) is 11.4. The van der Waals surface area contributed by atoms with Crippen LogP contribution in [-0.2, 0) is 28.6 Å². The van der Waals surface area contributed by atoms with E-state index < -0.39 is 11.2 Å². The van der Waals surface area contributed by atoms with E-state index in [0.29, 0.717) is 19.3 Å². The van der Waals surface area contributed by atoms with Gasteiger partial charge in [0.25, 0.3) is 0 Å². The Kier molecular flexibility index (Phi) is 3.53. The summed E-state index contributed by atoms with van der Waals surface area (Å²) in [6, 6.07) is 0. The van der Waals surface area contributed by atoms with Gasteiger partial charge in [-0.05, 0) is 50.5 Å². The van der Waals surface area contributed by atoms with E-state index in [4.69, 9.17) is 14.2 Å². The van der Waals surface area contributed by atoms with Crippen LogP contribution >= 0.6 is 0 Å². The fourth-order valence-corrected chi connectivity index (χ4v) is 8.69. The van der Waals surface area contributed by atoms with Gasteiger partial charge in [-0.1, -0.05) is 19.4 Å². The first-order chi connectivity index (χ1) is 14.2. The Morgan fingerprint density at radius 3 is 2.67 bits per heavy atom. The SMILES string of the molecule is COC(=O)C1CC2=CC(=O)CCC2(C)C23OC2CC2(C)C(CC[C@@]24CCC(=O)O4)C13. The number of methoxy groups -OCH3 is 1. The van der Waals surface area contributed by atoms with E-state index in [1.165, 1.54) is 7.11 Å². The molecule has 2 saturated heterocycles. The first-order valence-corrected chi connectivity index (χ1v) is 11.4. The van der Waals surface area contributed by atoms with Crippen molar-refractivity contribution < 1.29 is 28.6 Å². The molecule has 30 heavy (non-hydrogen) atoms. The van der Waals surface area contributed by atoms with Crippen LogP contribution in [0.25, 0.3) is 0 Å². The van der Waals surface area contributed by atoms with E-state index in [-0.39, 0.29) is 52.4 Å². The number of fused-ring (bicyclic) bond motifs is 4. The summed E-state index contributed by atoms with van der Waals surface area (Å²) in [5.41, 5.74) is -0.175. The second-order valence-electron chi connectivity index (χ2n) is 11.0. The maximum atomic E-state index is 13.0. The summed E-state index contributed by atoms with van der Waals surface area (Å²) in [6.07, 6.45) is 7.61. The lowest BCUT2D eigenvalue weighted by atomic mass is 9.43. The monoisotopic (exact) mass is 414 g/mol. The van der Waals surface area contributed by atoms with Crippen molar-refractivity contribution in [1.82, 2.24) is 0 Å². The first kappa shape index (κ1) is 19.0. The van der Waals surface area contributed by atoms with Gasteiger partial charge in [0.2, 0.25) is 0 Å². The molecule has 162 valence electrons. The molecule has 2 heterocycles. The number of hydrogen-bond acceptors (Lipinski definition) is 6. The topological polar surface area (TPSA) is 82.2 Å². The van der Waals surface area contributed by atoms with Crippen LogP contribution in [0.15, 0.2) is 11.6 Å². The van der Waals surface area contributed by atoms with E-state index in [2.05, 4.69) is 13.8 Å². The molecule has 6 aliphatic rings. The van der Waals surface area contributed by atoms with Gasteiger partial charge in [0, 0.05) is 29.6 Å². The largest absolute Gasteiger partial charge is 0.469 e. The molecule has 4 aliphatic carbocycles. The van der Waals surface area contributed by atoms with Crippen LogP contribution in [0.5, 0.6) is 0 Å². The molecule has 6 heteroatoms. The number of ether oxygens (including phenoxy) is 3. The van der Waals surface area contributed by atoms with Crippen molar-refractivity contribution >= 4 is 17.7 Å². The zero-order valence-corrected chi connectivity index (χ0v) is 18.0. The fourth-order valence-electron chi connectivity index (χ4n) is 8.69. The van der Waals surface area contributed by atoms with Gasteiger partial charge in [0.05, 0.1) is 19.1 Å². The molecule has 0 bridgehead atoms. The highest BCUT2D eigenvalue weighted by molar-refractivity contribution is 5.92. The van der Waals surface area contributed by atoms with Gasteiger partial charge in [0.1, 0.15) is 11.2 Å². The van der Waals surface area contributed by atoms with Crippen molar-refractivity contribution in [3.05, 3.63) is 11.6 Å². The highest BCUT2D eigenvalue weighted by atomic mass is 16.6. The Bertz CT molecular complexity index is 907. The van der Waals surface area contributed by atoms with Crippen molar-refractivity contribution in [3.8, 4) is 0 Å². The standard InChI is InChI=1S/C24H30O6/c1-21-7-4-14(25)10-13(21)11-15(20(27)28-3)19-16-5-8-23(9-6-18(26)30-23)22(16,2)12-17-24(19,21)29-17/h10,15-17,19H,4-9,11-12H2,1-3H3/t15?,16?,17?,19?,21?,22?,23-,24?/m1/s1. The number of carbonyl (C=O) groups excluding carboxylic acids is 3. The fraction of sp³-hybridized carbons (Fsp3) is 0.792. The van der Waals surface area contributed by atoms with Crippen LogP contribution in [-0.4, -0.2) is 42.1 Å². The molecule has 6 nitrogen and oxygen atoms in total. The Hall–Kier alpha value is -1.69. The van der Waals surface area contributed by atoms with Gasteiger partial charge >= 0.3 is 11.9 Å². The average molecular weight is 414 g/mol. The Labute approximate surface area is 176 Å². The molecule has 2 spiro atoms. The van der Waals surface area contributed by atoms with Gasteiger partial charge in [-0.3, -0.25) is 14.4 Å². The van der Waals surface area contributed by atoms with Gasteiger partial charge in [-0.25, -0.2) is 0 Å². The third kappa shape index (κ3) is 1.94. The number of esters is 2. The third-order valence-corrected chi connectivity index (χ3v) is 10.2. The molecule has 0 amide bonds. The van der Waals surface area contributed by atoms with E-state index in [0.717, 1.165) is 37.7 Å². The van der Waals surface area contributed by atoms with Gasteiger partial charge in [0.15, 0.2) is 5.78 Å². The lowest BCUT2D eigenvalue weighted by molar-refractivity contribution is -0.172. The zero-order valence-electron chi connectivity index (χ0n) is 18.0. The van der Waals surface area contributed by atoms with Crippen molar-refractivity contribution in [1.29, 1.82) is 0 Å². The minimum absolute atomic E-state index is 0.0303. The Morgan fingerprint density at radius 1 is 1.17 bits per heavy atom. The number of epoxide rings is 1. The minimum atomic E-state index is -0.424. The summed E-state index contributed by atoms with van der Waals surface area (Å²) in [4.78, 5) is 37.4. The van der Waals surface area contributed by atoms with Crippen LogP contribution in [0.3, 0.4) is 0 Å². The van der Waals surface area contributed by atoms with Crippen molar-refractivity contribution in [3.63, 3.8) is 0 Å². The lowest BCUT2D eigenvalue weighted by Crippen LogP contribution is -2.63. The summed E-state index contributed by atoms with van der Waals surface area (Å²) < 4.78 is 17.9. The molecular formula is C24H30O6. The number of carbonyl (C=O) groups is 3. The van der Waals surface area contributed by atoms with Gasteiger partial charge in [-0.2, -0.15) is 0 Å². The summed E-state index contributed by atoms with van der Waals surface area (Å²) in [6.45, 7) is 4.51. The summed E-state index contributed by atoms with van der Waals surface area (Å²) >= 11 is 0. The van der Waals surface area contributed by atoms with E-state index in [1.54, 1.807) is 6.08 Å². The Balaban J connectivity index is 1.49. The number of rotatable bonds is 1. The molecule has 0 radical (unpaired) electrons. The zero-order chi connectivity index (χ0) is 21.1. The average Bonchev–Trinajstić information content (AvgIpc) is 3.20. The molecule has 2 aliphatic heterocycles. The van der Waals surface area contributed by atoms with Crippen LogP contribution in [0.2, 0.25) is 0 Å². The second kappa shape index (κ2) is 5.56. The minimum Gasteiger partial charge on any atom is -0.469 e. The van der Waals surface area contributed by atoms with Crippen LogP contribution < -0.4 is 0 Å². The smallest absolute Gasteiger partial charge is 0.309 e. The van der Waals surface area contributed by atoms with Crippen LogP contribution in [0, 0.1) is 28.6 Å². The van der Waals surface area contributed by atoms with E-state index in [9.17, 15) is 14.4 Å². The predicted octanol–water partition coefficient (Wildman–Crippen LogP) is 3.12. The van der Waals surface area contributed by atoms with Gasteiger partial charge in [-0.15, -0.1) is 0 Å². The van der Waals surface area contributed by atoms with Crippen molar-refractivity contribution in [2.45, 2.75) is 82.5 Å². The summed E-state index contributed by atoms with van der Waals surface area (Å²) in [7, 11) is 1.45. The molecule has 5 fully saturated rings. The Morgan fingerprint density at radius 2 is 1.97 bits per heavy atom. The molecule has 0 N–H and O–H groups in total. The second-order valence-corrected chi connectivity index (χ2v) is 11.0. The molecule has 7 unspecified atom stereocenters. The summed E-state index contributed by atoms with van der Waals surface area (Å²) in [5.74, 6) is -0.201. The quantitative estimate of drug-likeness (QED) is 0.484. The highest BCUT2D eigenvalue weighted by Crippen LogP contribution is 2.78. The molecular weight excluding hydrogens is 384 g/mol. The predicted molar refractivity (Wildman–Crippen MR) is 105 cm³/mol. The van der Waals surface area contributed by atoms with E-state index in [1.807, 2.05) is 0 Å². The molecule has 3 saturated carbocycles. The molecule has 0 aromatic heterocycles. The van der Waals surface area contributed by atoms with Crippen LogP contribution in [0.4, 0.5) is 0 Å². The molecule has 0 aromatic rings. The molecule has 0 aromatic carbocycles.